The molecule has 0 bridgehead atoms. The van der Waals surface area contributed by atoms with Gasteiger partial charge in [-0.25, -0.2) is 8.78 Å². The summed E-state index contributed by atoms with van der Waals surface area (Å²) in [6.07, 6.45) is 9.91. The molecule has 0 atom stereocenters. The van der Waals surface area contributed by atoms with E-state index in [4.69, 9.17) is 55.9 Å². The Morgan fingerprint density at radius 1 is 0.783 bits per heavy atom. The Bertz CT molecular complexity index is 2770. The van der Waals surface area contributed by atoms with Gasteiger partial charge in [0.15, 0.2) is 4.21 Å². The SMILES string of the molecule is CN(CCC/C=C(\F)c1cn(-c2ccc(Cl)cc2Cl)c2c1CCOc1ccsc1-2)CCC/C=C(\F)c1cn(-c2ccc(Cl)cc2Cl)c2c1CCOc1cc(S(=O)(=O)O)sc1-2. The van der Waals surface area contributed by atoms with Gasteiger partial charge in [-0.2, -0.15) is 8.42 Å². The summed E-state index contributed by atoms with van der Waals surface area (Å²) in [5.41, 5.74) is 4.95. The predicted molar refractivity (Wildman–Crippen MR) is 241 cm³/mol. The van der Waals surface area contributed by atoms with Gasteiger partial charge in [0.25, 0.3) is 0 Å². The van der Waals surface area contributed by atoms with Gasteiger partial charge >= 0.3 is 10.1 Å². The lowest BCUT2D eigenvalue weighted by Crippen LogP contribution is -2.20. The highest BCUT2D eigenvalue weighted by Crippen LogP contribution is 2.48. The molecule has 314 valence electrons. The molecule has 1 N–H and O–H groups in total. The van der Waals surface area contributed by atoms with Crippen LogP contribution in [0.5, 0.6) is 11.5 Å². The molecule has 6 heterocycles. The average molecular weight is 952 g/mol. The van der Waals surface area contributed by atoms with Crippen LogP contribution in [0.2, 0.25) is 20.1 Å². The van der Waals surface area contributed by atoms with E-state index >= 15 is 8.78 Å². The summed E-state index contributed by atoms with van der Waals surface area (Å²) in [4.78, 5) is 3.49. The predicted octanol–water partition coefficient (Wildman–Crippen LogP) is 13.3. The largest absolute Gasteiger partial charge is 0.492 e. The third-order valence-corrected chi connectivity index (χ3v) is 14.8. The van der Waals surface area contributed by atoms with Crippen LogP contribution in [0, 0.1) is 0 Å². The summed E-state index contributed by atoms with van der Waals surface area (Å²) in [5, 5.41) is 3.67. The molecule has 2 aromatic carbocycles. The Hall–Kier alpha value is -3.63. The first-order chi connectivity index (χ1) is 28.8. The van der Waals surface area contributed by atoms with Crippen LogP contribution in [-0.4, -0.2) is 60.4 Å². The highest BCUT2D eigenvalue weighted by Gasteiger charge is 2.31. The van der Waals surface area contributed by atoms with Crippen molar-refractivity contribution in [1.82, 2.24) is 14.0 Å². The van der Waals surface area contributed by atoms with Gasteiger partial charge in [-0.15, -0.1) is 22.7 Å². The third kappa shape index (κ3) is 8.84. The summed E-state index contributed by atoms with van der Waals surface area (Å²) in [5.74, 6) is 0.303. The zero-order valence-corrected chi connectivity index (χ0v) is 37.5. The zero-order chi connectivity index (χ0) is 42.3. The van der Waals surface area contributed by atoms with Crippen LogP contribution in [0.3, 0.4) is 0 Å². The number of hydrogen-bond donors (Lipinski definition) is 1. The van der Waals surface area contributed by atoms with Crippen molar-refractivity contribution in [3.05, 3.63) is 121 Å². The number of ether oxygens (including phenoxy) is 2. The quantitative estimate of drug-likeness (QED) is 0.0917. The Labute approximate surface area is 374 Å². The lowest BCUT2D eigenvalue weighted by atomic mass is 10.0. The summed E-state index contributed by atoms with van der Waals surface area (Å²) in [6.45, 7) is 2.01. The first-order valence-corrected chi connectivity index (χ1v) is 23.7. The summed E-state index contributed by atoms with van der Waals surface area (Å²) in [6, 6.07) is 13.4. The van der Waals surface area contributed by atoms with Crippen LogP contribution >= 0.6 is 69.1 Å². The fraction of sp³-hybridized carbons (Fsp3) is 0.256. The zero-order valence-electron chi connectivity index (χ0n) is 32.0. The molecular weight excluding hydrogens is 914 g/mol. The molecule has 2 aliphatic heterocycles. The van der Waals surface area contributed by atoms with Gasteiger partial charge in [0.2, 0.25) is 0 Å². The number of aromatic nitrogens is 2. The van der Waals surface area contributed by atoms with Gasteiger partial charge in [-0.1, -0.05) is 46.4 Å². The fourth-order valence-electron chi connectivity index (χ4n) is 7.61. The lowest BCUT2D eigenvalue weighted by Gasteiger charge is -2.15. The van der Waals surface area contributed by atoms with E-state index < -0.39 is 15.9 Å². The fourth-order valence-corrected chi connectivity index (χ4v) is 11.3. The normalized spacial score (nSPS) is 14.2. The van der Waals surface area contributed by atoms with Gasteiger partial charge in [0, 0.05) is 52.5 Å². The molecule has 0 unspecified atom stereocenters. The summed E-state index contributed by atoms with van der Waals surface area (Å²) < 4.78 is 81.4. The van der Waals surface area contributed by atoms with Crippen molar-refractivity contribution in [3.63, 3.8) is 0 Å². The minimum Gasteiger partial charge on any atom is -0.492 e. The van der Waals surface area contributed by atoms with Crippen LogP contribution in [0.1, 0.15) is 47.9 Å². The summed E-state index contributed by atoms with van der Waals surface area (Å²) >= 11 is 28.0. The lowest BCUT2D eigenvalue weighted by molar-refractivity contribution is 0.326. The molecule has 60 heavy (non-hydrogen) atoms. The second-order valence-electron chi connectivity index (χ2n) is 14.4. The van der Waals surface area contributed by atoms with Crippen molar-refractivity contribution in [2.24, 2.45) is 0 Å². The Morgan fingerprint density at radius 2 is 1.30 bits per heavy atom. The van der Waals surface area contributed by atoms with E-state index in [1.807, 2.05) is 35.3 Å². The van der Waals surface area contributed by atoms with Crippen LogP contribution < -0.4 is 9.47 Å². The van der Waals surface area contributed by atoms with Crippen LogP contribution in [-0.2, 0) is 23.0 Å². The van der Waals surface area contributed by atoms with Gasteiger partial charge in [0.1, 0.15) is 23.2 Å². The van der Waals surface area contributed by atoms with Crippen molar-refractivity contribution in [3.8, 4) is 44.0 Å². The van der Waals surface area contributed by atoms with Crippen molar-refractivity contribution in [1.29, 1.82) is 0 Å². The van der Waals surface area contributed by atoms with E-state index in [9.17, 15) is 13.0 Å². The Balaban J connectivity index is 0.936. The van der Waals surface area contributed by atoms with Crippen LogP contribution in [0.4, 0.5) is 8.78 Å². The highest BCUT2D eigenvalue weighted by molar-refractivity contribution is 7.88. The highest BCUT2D eigenvalue weighted by atomic mass is 35.5. The molecule has 0 aliphatic carbocycles. The molecule has 0 spiro atoms. The van der Waals surface area contributed by atoms with E-state index in [0.29, 0.717) is 104 Å². The maximum absolute atomic E-state index is 16.2. The number of nitrogens with zero attached hydrogens (tertiary/aromatic N) is 3. The van der Waals surface area contributed by atoms with Gasteiger partial charge < -0.3 is 23.5 Å². The topological polar surface area (TPSA) is 85.9 Å². The molecule has 4 aromatic heterocycles. The van der Waals surface area contributed by atoms with Crippen LogP contribution in [0.25, 0.3) is 44.2 Å². The van der Waals surface area contributed by atoms with E-state index in [2.05, 4.69) is 4.90 Å². The number of allylic oxidation sites excluding steroid dienone is 2. The maximum atomic E-state index is 16.2. The minimum atomic E-state index is -4.51. The molecule has 0 radical (unpaired) electrons. The summed E-state index contributed by atoms with van der Waals surface area (Å²) in [7, 11) is -2.52. The number of fused-ring (bicyclic) bond motifs is 6. The van der Waals surface area contributed by atoms with Gasteiger partial charge in [0.05, 0.1) is 55.8 Å². The number of rotatable bonds is 13. The smallest absolute Gasteiger partial charge is 0.304 e. The number of unbranched alkanes of at least 4 members (excludes halogenated alkanes) is 2. The first-order valence-electron chi connectivity index (χ1n) is 19.0. The van der Waals surface area contributed by atoms with Gasteiger partial charge in [-0.05, 0) is 117 Å². The molecule has 0 saturated carbocycles. The second-order valence-corrected chi connectivity index (χ2v) is 19.7. The monoisotopic (exact) mass is 949 g/mol. The van der Waals surface area contributed by atoms with E-state index in [0.717, 1.165) is 46.2 Å². The molecule has 0 saturated heterocycles. The van der Waals surface area contributed by atoms with Crippen molar-refractivity contribution >= 4 is 90.8 Å². The molecule has 6 aromatic rings. The molecule has 8 nitrogen and oxygen atoms in total. The number of thiophene rings is 2. The second kappa shape index (κ2) is 18.0. The number of halogens is 6. The molecule has 0 fully saturated rings. The Kier molecular flexibility index (Phi) is 12.9. The minimum absolute atomic E-state index is 0.169. The van der Waals surface area contributed by atoms with E-state index in [-0.39, 0.29) is 22.4 Å². The van der Waals surface area contributed by atoms with Crippen molar-refractivity contribution < 1.29 is 31.2 Å². The number of benzene rings is 2. The first kappa shape index (κ1) is 43.0. The molecular formula is C43H37Cl4F2N3O5S3. The third-order valence-electron chi connectivity index (χ3n) is 10.4. The standard InChI is InChI=1S/C43H37Cl4F2N3O5S3/c1-50(15-4-2-6-33(48)29-23-51(35-10-8-25(44)20-31(35)46)40-27(29)12-17-56-37-14-19-58-42(37)40)16-5-3-7-34(49)30-24-52(36-11-9-26(45)21-32(36)47)41-28(30)13-18-57-38-22-39(59-43(38)41)60(53,54)55/h6-11,14,19-24H,2-5,12-13,15-18H2,1H3,(H,53,54,55)/b33-6-,34-7-. The number of hydrogen-bond acceptors (Lipinski definition) is 7. The van der Waals surface area contributed by atoms with Gasteiger partial charge in [-0.3, -0.25) is 4.55 Å². The van der Waals surface area contributed by atoms with Crippen molar-refractivity contribution in [2.45, 2.75) is 42.7 Å². The molecule has 2 aliphatic rings. The Morgan fingerprint density at radius 3 is 1.82 bits per heavy atom. The van der Waals surface area contributed by atoms with Crippen LogP contribution in [0.15, 0.2) is 82.7 Å². The molecule has 17 heteroatoms. The molecule has 8 rings (SSSR count). The maximum Gasteiger partial charge on any atom is 0.304 e. The average Bonchev–Trinajstić information content (AvgIpc) is 3.96. The molecule has 0 amide bonds. The van der Waals surface area contributed by atoms with E-state index in [1.165, 1.54) is 17.4 Å². The van der Waals surface area contributed by atoms with Crippen molar-refractivity contribution in [2.75, 3.05) is 33.4 Å². The van der Waals surface area contributed by atoms with E-state index in [1.54, 1.807) is 53.2 Å².